The van der Waals surface area contributed by atoms with Crippen molar-refractivity contribution in [2.45, 2.75) is 18.9 Å². The molecular weight excluding hydrogens is 179 g/mol. The molecule has 3 heteroatoms. The first-order valence-corrected chi connectivity index (χ1v) is 4.72. The van der Waals surface area contributed by atoms with Gasteiger partial charge in [-0.2, -0.15) is 0 Å². The van der Waals surface area contributed by atoms with Crippen LogP contribution >= 0.6 is 0 Å². The topological polar surface area (TPSA) is 38.0 Å². The van der Waals surface area contributed by atoms with E-state index < -0.39 is 0 Å². The fourth-order valence-corrected chi connectivity index (χ4v) is 1.61. The van der Waals surface area contributed by atoms with E-state index in [0.717, 1.165) is 12.8 Å². The molecule has 1 aromatic rings. The molecule has 1 aliphatic rings. The number of hydrogen-bond acceptors (Lipinski definition) is 2. The second-order valence-corrected chi connectivity index (χ2v) is 3.52. The highest BCUT2D eigenvalue weighted by Crippen LogP contribution is 2.23. The Bertz CT molecular complexity index is 352. The summed E-state index contributed by atoms with van der Waals surface area (Å²) < 4.78 is 12.9. The van der Waals surface area contributed by atoms with Gasteiger partial charge in [0.25, 0.3) is 0 Å². The number of halogens is 1. The molecule has 0 spiro atoms. The molecule has 0 aliphatic heterocycles. The van der Waals surface area contributed by atoms with Crippen LogP contribution in [0.2, 0.25) is 0 Å². The van der Waals surface area contributed by atoms with Crippen molar-refractivity contribution in [1.82, 2.24) is 0 Å². The molecule has 0 atom stereocenters. The summed E-state index contributed by atoms with van der Waals surface area (Å²) in [6.07, 6.45) is 6.20. The highest BCUT2D eigenvalue weighted by Gasteiger charge is 2.11. The lowest BCUT2D eigenvalue weighted by Gasteiger charge is -2.15. The Labute approximate surface area is 82.6 Å². The lowest BCUT2D eigenvalue weighted by molar-refractivity contribution is 0.628. The molecule has 0 amide bonds. The van der Waals surface area contributed by atoms with E-state index in [1.54, 1.807) is 6.07 Å². The van der Waals surface area contributed by atoms with Crippen LogP contribution in [0.15, 0.2) is 30.4 Å². The van der Waals surface area contributed by atoms with Gasteiger partial charge in [0.15, 0.2) is 0 Å². The standard InChI is InChI=1S/C11H13FN2/c12-8-5-6-10(13)11(7-8)14-9-3-1-2-4-9/h1-2,5-7,9,14H,3-4,13H2. The van der Waals surface area contributed by atoms with E-state index in [9.17, 15) is 4.39 Å². The van der Waals surface area contributed by atoms with Crippen molar-refractivity contribution in [2.75, 3.05) is 11.1 Å². The van der Waals surface area contributed by atoms with E-state index in [-0.39, 0.29) is 5.82 Å². The van der Waals surface area contributed by atoms with Gasteiger partial charge in [0.1, 0.15) is 5.82 Å². The minimum Gasteiger partial charge on any atom is -0.397 e. The second kappa shape index (κ2) is 3.70. The molecule has 0 radical (unpaired) electrons. The molecular formula is C11H13FN2. The molecule has 3 N–H and O–H groups in total. The van der Waals surface area contributed by atoms with Crippen LogP contribution in [-0.4, -0.2) is 6.04 Å². The molecule has 74 valence electrons. The van der Waals surface area contributed by atoms with Crippen LogP contribution < -0.4 is 11.1 Å². The molecule has 1 aromatic carbocycles. The number of nitrogens with one attached hydrogen (secondary N) is 1. The van der Waals surface area contributed by atoms with Crippen molar-refractivity contribution in [2.24, 2.45) is 0 Å². The maximum Gasteiger partial charge on any atom is 0.125 e. The highest BCUT2D eigenvalue weighted by molar-refractivity contribution is 5.66. The highest BCUT2D eigenvalue weighted by atomic mass is 19.1. The van der Waals surface area contributed by atoms with E-state index in [4.69, 9.17) is 5.73 Å². The first-order chi connectivity index (χ1) is 6.75. The van der Waals surface area contributed by atoms with Crippen LogP contribution in [0.4, 0.5) is 15.8 Å². The van der Waals surface area contributed by atoms with Gasteiger partial charge in [0, 0.05) is 6.04 Å². The minimum absolute atomic E-state index is 0.257. The molecule has 2 rings (SSSR count). The fourth-order valence-electron chi connectivity index (χ4n) is 1.61. The van der Waals surface area contributed by atoms with Crippen molar-refractivity contribution >= 4 is 11.4 Å². The Hall–Kier alpha value is -1.51. The summed E-state index contributed by atoms with van der Waals surface area (Å²) in [5.74, 6) is -0.257. The largest absolute Gasteiger partial charge is 0.397 e. The molecule has 0 aromatic heterocycles. The van der Waals surface area contributed by atoms with E-state index >= 15 is 0 Å². The lowest BCUT2D eigenvalue weighted by atomic mass is 10.2. The van der Waals surface area contributed by atoms with Gasteiger partial charge >= 0.3 is 0 Å². The Morgan fingerprint density at radius 3 is 2.71 bits per heavy atom. The summed E-state index contributed by atoms with van der Waals surface area (Å²) in [7, 11) is 0. The third-order valence-corrected chi connectivity index (χ3v) is 2.38. The van der Waals surface area contributed by atoms with Crippen molar-refractivity contribution in [3.05, 3.63) is 36.2 Å². The van der Waals surface area contributed by atoms with Crippen molar-refractivity contribution in [1.29, 1.82) is 0 Å². The fraction of sp³-hybridized carbons (Fsp3) is 0.273. The zero-order valence-electron chi connectivity index (χ0n) is 7.83. The molecule has 0 fully saturated rings. The molecule has 14 heavy (non-hydrogen) atoms. The monoisotopic (exact) mass is 192 g/mol. The number of nitrogens with two attached hydrogens (primary N) is 1. The lowest BCUT2D eigenvalue weighted by Crippen LogP contribution is -2.16. The van der Waals surface area contributed by atoms with Crippen LogP contribution in [0, 0.1) is 5.82 Å². The van der Waals surface area contributed by atoms with E-state index in [1.807, 2.05) is 0 Å². The summed E-state index contributed by atoms with van der Waals surface area (Å²) in [5.41, 5.74) is 7.01. The third kappa shape index (κ3) is 1.87. The summed E-state index contributed by atoms with van der Waals surface area (Å²) in [5, 5.41) is 3.22. The summed E-state index contributed by atoms with van der Waals surface area (Å²) in [4.78, 5) is 0. The van der Waals surface area contributed by atoms with E-state index in [0.29, 0.717) is 17.4 Å². The number of nitrogen functional groups attached to an aromatic ring is 1. The Morgan fingerprint density at radius 2 is 2.00 bits per heavy atom. The number of hydrogen-bond donors (Lipinski definition) is 2. The Kier molecular flexibility index (Phi) is 2.39. The van der Waals surface area contributed by atoms with Gasteiger partial charge in [-0.05, 0) is 31.0 Å². The molecule has 2 nitrogen and oxygen atoms in total. The Balaban J connectivity index is 2.11. The summed E-state index contributed by atoms with van der Waals surface area (Å²) >= 11 is 0. The van der Waals surface area contributed by atoms with Crippen molar-refractivity contribution < 1.29 is 4.39 Å². The molecule has 0 heterocycles. The smallest absolute Gasteiger partial charge is 0.125 e. The third-order valence-electron chi connectivity index (χ3n) is 2.38. The molecule has 0 unspecified atom stereocenters. The number of rotatable bonds is 2. The Morgan fingerprint density at radius 1 is 1.29 bits per heavy atom. The zero-order chi connectivity index (χ0) is 9.97. The average molecular weight is 192 g/mol. The maximum absolute atomic E-state index is 12.9. The van der Waals surface area contributed by atoms with Gasteiger partial charge in [-0.25, -0.2) is 4.39 Å². The summed E-state index contributed by atoms with van der Waals surface area (Å²) in [6, 6.07) is 4.75. The average Bonchev–Trinajstić information content (AvgIpc) is 2.64. The van der Waals surface area contributed by atoms with Gasteiger partial charge in [0.05, 0.1) is 11.4 Å². The van der Waals surface area contributed by atoms with Crippen LogP contribution in [0.25, 0.3) is 0 Å². The molecule has 0 saturated heterocycles. The maximum atomic E-state index is 12.9. The van der Waals surface area contributed by atoms with Gasteiger partial charge in [-0.1, -0.05) is 12.2 Å². The summed E-state index contributed by atoms with van der Waals surface area (Å²) in [6.45, 7) is 0. The van der Waals surface area contributed by atoms with E-state index in [2.05, 4.69) is 17.5 Å². The van der Waals surface area contributed by atoms with Crippen LogP contribution in [0.1, 0.15) is 12.8 Å². The van der Waals surface area contributed by atoms with Crippen LogP contribution in [0.3, 0.4) is 0 Å². The molecule has 0 bridgehead atoms. The van der Waals surface area contributed by atoms with Gasteiger partial charge in [0.2, 0.25) is 0 Å². The first kappa shape index (κ1) is 9.06. The number of anilines is 2. The normalized spacial score (nSPS) is 16.1. The second-order valence-electron chi connectivity index (χ2n) is 3.52. The predicted octanol–water partition coefficient (Wildman–Crippen LogP) is 2.54. The van der Waals surface area contributed by atoms with Crippen LogP contribution in [-0.2, 0) is 0 Å². The van der Waals surface area contributed by atoms with Crippen LogP contribution in [0.5, 0.6) is 0 Å². The zero-order valence-corrected chi connectivity index (χ0v) is 7.83. The molecule has 1 aliphatic carbocycles. The van der Waals surface area contributed by atoms with Crippen molar-refractivity contribution in [3.63, 3.8) is 0 Å². The minimum atomic E-state index is -0.257. The van der Waals surface area contributed by atoms with Crippen molar-refractivity contribution in [3.8, 4) is 0 Å². The SMILES string of the molecule is Nc1ccc(F)cc1NC1CC=CC1. The predicted molar refractivity (Wildman–Crippen MR) is 56.6 cm³/mol. The molecule has 0 saturated carbocycles. The van der Waals surface area contributed by atoms with Gasteiger partial charge < -0.3 is 11.1 Å². The quantitative estimate of drug-likeness (QED) is 0.558. The van der Waals surface area contributed by atoms with Gasteiger partial charge in [-0.15, -0.1) is 0 Å². The van der Waals surface area contributed by atoms with E-state index in [1.165, 1.54) is 12.1 Å². The van der Waals surface area contributed by atoms with Gasteiger partial charge in [-0.3, -0.25) is 0 Å². The number of benzene rings is 1. The first-order valence-electron chi connectivity index (χ1n) is 4.72.